The molecule has 2 aromatic rings. The monoisotopic (exact) mass is 232 g/mol. The second kappa shape index (κ2) is 4.66. The molecule has 0 atom stereocenters. The molecule has 0 aliphatic heterocycles. The van der Waals surface area contributed by atoms with Crippen LogP contribution in [0.2, 0.25) is 0 Å². The van der Waals surface area contributed by atoms with Crippen molar-refractivity contribution in [1.29, 1.82) is 0 Å². The second-order valence-corrected chi connectivity index (χ2v) is 4.12. The molecule has 0 fully saturated rings. The highest BCUT2D eigenvalue weighted by Gasteiger charge is 2.05. The molecule has 0 nitrogen and oxygen atoms in total. The maximum atomic E-state index is 13.1. The minimum absolute atomic E-state index is 0.703. The topological polar surface area (TPSA) is 0 Å². The average molecular weight is 232 g/mol. The molecule has 0 spiro atoms. The Hall–Kier alpha value is -1.70. The molecule has 17 heavy (non-hydrogen) atoms. The van der Waals surface area contributed by atoms with Crippen LogP contribution in [0.15, 0.2) is 36.4 Å². The van der Waals surface area contributed by atoms with E-state index < -0.39 is 11.6 Å². The van der Waals surface area contributed by atoms with E-state index in [9.17, 15) is 8.78 Å². The average Bonchev–Trinajstić information content (AvgIpc) is 2.32. The summed E-state index contributed by atoms with van der Waals surface area (Å²) in [5.41, 5.74) is 4.07. The van der Waals surface area contributed by atoms with Gasteiger partial charge in [0.2, 0.25) is 0 Å². The van der Waals surface area contributed by atoms with Gasteiger partial charge in [-0.15, -0.1) is 0 Å². The Morgan fingerprint density at radius 1 is 0.882 bits per heavy atom. The van der Waals surface area contributed by atoms with Gasteiger partial charge in [0.25, 0.3) is 0 Å². The van der Waals surface area contributed by atoms with Crippen molar-refractivity contribution in [2.75, 3.05) is 0 Å². The Morgan fingerprint density at radius 2 is 1.53 bits per heavy atom. The predicted molar refractivity (Wildman–Crippen MR) is 65.9 cm³/mol. The second-order valence-electron chi connectivity index (χ2n) is 4.12. The molecular weight excluding hydrogens is 218 g/mol. The van der Waals surface area contributed by atoms with E-state index in [0.717, 1.165) is 18.1 Å². The van der Waals surface area contributed by atoms with E-state index in [-0.39, 0.29) is 0 Å². The molecule has 0 aliphatic rings. The molecule has 0 heterocycles. The zero-order chi connectivity index (χ0) is 12.4. The molecule has 2 heteroatoms. The van der Waals surface area contributed by atoms with Gasteiger partial charge in [-0.05, 0) is 47.7 Å². The summed E-state index contributed by atoms with van der Waals surface area (Å²) in [5.74, 6) is -1.62. The van der Waals surface area contributed by atoms with Gasteiger partial charge in [0.15, 0.2) is 11.6 Å². The van der Waals surface area contributed by atoms with E-state index in [1.807, 2.05) is 25.1 Å². The van der Waals surface area contributed by atoms with Crippen LogP contribution in [0.3, 0.4) is 0 Å². The Bertz CT molecular complexity index is 545. The van der Waals surface area contributed by atoms with Crippen molar-refractivity contribution in [3.05, 3.63) is 59.2 Å². The third-order valence-corrected chi connectivity index (χ3v) is 2.98. The fourth-order valence-electron chi connectivity index (χ4n) is 1.95. The quantitative estimate of drug-likeness (QED) is 0.715. The largest absolute Gasteiger partial charge is 0.204 e. The molecule has 0 saturated carbocycles. The lowest BCUT2D eigenvalue weighted by atomic mass is 9.99. The van der Waals surface area contributed by atoms with E-state index in [2.05, 4.69) is 6.92 Å². The van der Waals surface area contributed by atoms with Gasteiger partial charge >= 0.3 is 0 Å². The first kappa shape index (κ1) is 11.8. The van der Waals surface area contributed by atoms with Gasteiger partial charge in [0, 0.05) is 0 Å². The third-order valence-electron chi connectivity index (χ3n) is 2.98. The molecular formula is C15H14F2. The van der Waals surface area contributed by atoms with Crippen LogP contribution in [0.1, 0.15) is 18.1 Å². The SMILES string of the molecule is CCc1ccc(-c2ccc(F)c(F)c2)cc1C. The Kier molecular flexibility index (Phi) is 3.23. The summed E-state index contributed by atoms with van der Waals surface area (Å²) >= 11 is 0. The van der Waals surface area contributed by atoms with Crippen LogP contribution < -0.4 is 0 Å². The predicted octanol–water partition coefficient (Wildman–Crippen LogP) is 4.50. The van der Waals surface area contributed by atoms with Gasteiger partial charge in [-0.3, -0.25) is 0 Å². The minimum atomic E-state index is -0.810. The van der Waals surface area contributed by atoms with Crippen molar-refractivity contribution < 1.29 is 8.78 Å². The lowest BCUT2D eigenvalue weighted by molar-refractivity contribution is 0.509. The first-order chi connectivity index (χ1) is 8.11. The summed E-state index contributed by atoms with van der Waals surface area (Å²) < 4.78 is 26.0. The third kappa shape index (κ3) is 2.36. The summed E-state index contributed by atoms with van der Waals surface area (Å²) in [6, 6.07) is 9.97. The number of hydrogen-bond donors (Lipinski definition) is 0. The Balaban J connectivity index is 2.46. The van der Waals surface area contributed by atoms with E-state index in [1.54, 1.807) is 6.07 Å². The minimum Gasteiger partial charge on any atom is -0.204 e. The van der Waals surface area contributed by atoms with E-state index in [4.69, 9.17) is 0 Å². The van der Waals surface area contributed by atoms with Crippen LogP contribution >= 0.6 is 0 Å². The van der Waals surface area contributed by atoms with Gasteiger partial charge in [0.1, 0.15) is 0 Å². The molecule has 0 radical (unpaired) electrons. The molecule has 2 rings (SSSR count). The van der Waals surface area contributed by atoms with Crippen molar-refractivity contribution >= 4 is 0 Å². The smallest absolute Gasteiger partial charge is 0.159 e. The van der Waals surface area contributed by atoms with Gasteiger partial charge in [-0.1, -0.05) is 31.2 Å². The Labute approximate surface area is 99.9 Å². The van der Waals surface area contributed by atoms with Crippen LogP contribution in [-0.4, -0.2) is 0 Å². The summed E-state index contributed by atoms with van der Waals surface area (Å²) in [6.07, 6.45) is 0.976. The molecule has 0 amide bonds. The number of hydrogen-bond acceptors (Lipinski definition) is 0. The molecule has 0 aliphatic carbocycles. The summed E-state index contributed by atoms with van der Waals surface area (Å²) in [7, 11) is 0. The van der Waals surface area contributed by atoms with Crippen molar-refractivity contribution in [1.82, 2.24) is 0 Å². The van der Waals surface area contributed by atoms with Crippen molar-refractivity contribution in [3.63, 3.8) is 0 Å². The first-order valence-electron chi connectivity index (χ1n) is 5.66. The lowest BCUT2D eigenvalue weighted by Crippen LogP contribution is -1.89. The summed E-state index contributed by atoms with van der Waals surface area (Å²) in [5, 5.41) is 0. The molecule has 0 unspecified atom stereocenters. The molecule has 2 aromatic carbocycles. The molecule has 0 saturated heterocycles. The van der Waals surface area contributed by atoms with Crippen LogP contribution in [0.4, 0.5) is 8.78 Å². The van der Waals surface area contributed by atoms with Crippen molar-refractivity contribution in [3.8, 4) is 11.1 Å². The van der Waals surface area contributed by atoms with Gasteiger partial charge in [-0.2, -0.15) is 0 Å². The first-order valence-corrected chi connectivity index (χ1v) is 5.66. The maximum Gasteiger partial charge on any atom is 0.159 e. The van der Waals surface area contributed by atoms with Gasteiger partial charge in [0.05, 0.1) is 0 Å². The lowest BCUT2D eigenvalue weighted by Gasteiger charge is -2.07. The Morgan fingerprint density at radius 3 is 2.12 bits per heavy atom. The fourth-order valence-corrected chi connectivity index (χ4v) is 1.95. The zero-order valence-electron chi connectivity index (χ0n) is 9.93. The molecule has 0 N–H and O–H groups in total. The van der Waals surface area contributed by atoms with Crippen LogP contribution in [0.5, 0.6) is 0 Å². The normalized spacial score (nSPS) is 10.6. The molecule has 0 bridgehead atoms. The number of aryl methyl sites for hydroxylation is 2. The van der Waals surface area contributed by atoms with Gasteiger partial charge in [-0.25, -0.2) is 8.78 Å². The highest BCUT2D eigenvalue weighted by atomic mass is 19.2. The maximum absolute atomic E-state index is 13.1. The van der Waals surface area contributed by atoms with Crippen LogP contribution in [0.25, 0.3) is 11.1 Å². The number of halogens is 2. The highest BCUT2D eigenvalue weighted by Crippen LogP contribution is 2.24. The zero-order valence-corrected chi connectivity index (χ0v) is 9.93. The van der Waals surface area contributed by atoms with Crippen LogP contribution in [-0.2, 0) is 6.42 Å². The van der Waals surface area contributed by atoms with E-state index in [0.29, 0.717) is 5.56 Å². The standard InChI is InChI=1S/C15H14F2/c1-3-11-4-5-12(8-10(11)2)13-6-7-14(16)15(17)9-13/h4-9H,3H2,1-2H3. The number of rotatable bonds is 2. The van der Waals surface area contributed by atoms with Crippen molar-refractivity contribution in [2.24, 2.45) is 0 Å². The van der Waals surface area contributed by atoms with Gasteiger partial charge < -0.3 is 0 Å². The van der Waals surface area contributed by atoms with Crippen molar-refractivity contribution in [2.45, 2.75) is 20.3 Å². The van der Waals surface area contributed by atoms with Crippen LogP contribution in [0, 0.1) is 18.6 Å². The summed E-state index contributed by atoms with van der Waals surface area (Å²) in [6.45, 7) is 4.13. The van der Waals surface area contributed by atoms with E-state index >= 15 is 0 Å². The fraction of sp³-hybridized carbons (Fsp3) is 0.200. The molecule has 0 aromatic heterocycles. The molecule has 88 valence electrons. The van der Waals surface area contributed by atoms with E-state index in [1.165, 1.54) is 17.2 Å². The highest BCUT2D eigenvalue weighted by molar-refractivity contribution is 5.64. The summed E-state index contributed by atoms with van der Waals surface area (Å²) in [4.78, 5) is 0. The number of benzene rings is 2.